The molecule has 1 aliphatic heterocycles. The van der Waals surface area contributed by atoms with Gasteiger partial charge in [0.1, 0.15) is 22.1 Å². The molecular weight excluding hydrogens is 520 g/mol. The summed E-state index contributed by atoms with van der Waals surface area (Å²) in [5.74, 6) is -3.06. The number of nitrogens with zero attached hydrogens (tertiary/aromatic N) is 3. The third-order valence-corrected chi connectivity index (χ3v) is 6.85. The average molecular weight is 555 g/mol. The summed E-state index contributed by atoms with van der Waals surface area (Å²) in [5, 5.41) is 8.32. The summed E-state index contributed by atoms with van der Waals surface area (Å²) in [7, 11) is 0. The maximum Gasteiger partial charge on any atom is 0.340 e. The third-order valence-electron chi connectivity index (χ3n) is 5.89. The minimum atomic E-state index is -1.42. The van der Waals surface area contributed by atoms with Crippen LogP contribution < -0.4 is 15.6 Å². The Balaban J connectivity index is 1.93. The first kappa shape index (κ1) is 28.3. The van der Waals surface area contributed by atoms with Gasteiger partial charge in [-0.1, -0.05) is 62.4 Å². The molecule has 0 saturated heterocycles. The Kier molecular flexibility index (Phi) is 7.83. The fourth-order valence-electron chi connectivity index (χ4n) is 4.94. The molecule has 3 heterocycles. The van der Waals surface area contributed by atoms with Gasteiger partial charge < -0.3 is 19.5 Å². The SMILES string of the molecule is CCOC(=O)C1=C(NC(C)(C)CC(C)(C)C)Oc2nc3sc(-c4ccccc4)nn3c(=O)c2C1C(=O)OCC. The van der Waals surface area contributed by atoms with E-state index in [9.17, 15) is 14.4 Å². The van der Waals surface area contributed by atoms with Crippen molar-refractivity contribution in [2.24, 2.45) is 5.41 Å². The van der Waals surface area contributed by atoms with Crippen LogP contribution in [0.4, 0.5) is 0 Å². The Morgan fingerprint density at radius 2 is 1.74 bits per heavy atom. The van der Waals surface area contributed by atoms with E-state index in [1.165, 1.54) is 11.3 Å². The second-order valence-electron chi connectivity index (χ2n) is 11.1. The third kappa shape index (κ3) is 5.98. The summed E-state index contributed by atoms with van der Waals surface area (Å²) in [6, 6.07) is 9.38. The zero-order chi connectivity index (χ0) is 28.5. The van der Waals surface area contributed by atoms with E-state index < -0.39 is 29.0 Å². The van der Waals surface area contributed by atoms with E-state index >= 15 is 0 Å². The van der Waals surface area contributed by atoms with E-state index in [2.05, 4.69) is 36.2 Å². The summed E-state index contributed by atoms with van der Waals surface area (Å²) < 4.78 is 17.9. The molecule has 3 aromatic rings. The number of hydrogen-bond donors (Lipinski definition) is 1. The Bertz CT molecular complexity index is 1480. The Morgan fingerprint density at radius 1 is 1.08 bits per heavy atom. The second kappa shape index (κ2) is 10.8. The lowest BCUT2D eigenvalue weighted by atomic mass is 9.81. The molecule has 1 unspecified atom stereocenters. The lowest BCUT2D eigenvalue weighted by Gasteiger charge is -2.36. The van der Waals surface area contributed by atoms with E-state index in [0.29, 0.717) is 11.4 Å². The largest absolute Gasteiger partial charge is 0.465 e. The number of esters is 2. The second-order valence-corrected chi connectivity index (χ2v) is 12.1. The lowest BCUT2D eigenvalue weighted by Crippen LogP contribution is -2.46. The van der Waals surface area contributed by atoms with Gasteiger partial charge in [-0.05, 0) is 39.5 Å². The number of fused-ring (bicyclic) bond motifs is 2. The van der Waals surface area contributed by atoms with Gasteiger partial charge in [0, 0.05) is 11.1 Å². The zero-order valence-electron chi connectivity index (χ0n) is 23.3. The number of rotatable bonds is 8. The van der Waals surface area contributed by atoms with Crippen molar-refractivity contribution in [2.45, 2.75) is 66.3 Å². The minimum absolute atomic E-state index is 0.0114. The zero-order valence-corrected chi connectivity index (χ0v) is 24.1. The van der Waals surface area contributed by atoms with Crippen molar-refractivity contribution in [1.82, 2.24) is 19.9 Å². The smallest absolute Gasteiger partial charge is 0.340 e. The molecule has 0 radical (unpaired) electrons. The Labute approximate surface area is 231 Å². The van der Waals surface area contributed by atoms with Gasteiger partial charge in [0.25, 0.3) is 5.56 Å². The molecule has 208 valence electrons. The van der Waals surface area contributed by atoms with Gasteiger partial charge in [0.05, 0.1) is 13.2 Å². The highest BCUT2D eigenvalue weighted by molar-refractivity contribution is 7.19. The van der Waals surface area contributed by atoms with Crippen molar-refractivity contribution in [1.29, 1.82) is 0 Å². The quantitative estimate of drug-likeness (QED) is 0.403. The Morgan fingerprint density at radius 3 is 2.36 bits per heavy atom. The number of benzene rings is 1. The number of aromatic nitrogens is 3. The molecule has 10 nitrogen and oxygen atoms in total. The van der Waals surface area contributed by atoms with Gasteiger partial charge in [0.2, 0.25) is 16.7 Å². The molecule has 0 spiro atoms. The monoisotopic (exact) mass is 554 g/mol. The summed E-state index contributed by atoms with van der Waals surface area (Å²) in [6.45, 7) is 13.7. The van der Waals surface area contributed by atoms with Crippen molar-refractivity contribution in [3.05, 3.63) is 57.7 Å². The summed E-state index contributed by atoms with van der Waals surface area (Å²) in [6.07, 6.45) is 0.699. The van der Waals surface area contributed by atoms with Gasteiger partial charge in [-0.15, -0.1) is 0 Å². The van der Waals surface area contributed by atoms with E-state index in [-0.39, 0.29) is 46.5 Å². The molecule has 0 fully saturated rings. The molecule has 2 aromatic heterocycles. The fourth-order valence-corrected chi connectivity index (χ4v) is 5.83. The molecule has 39 heavy (non-hydrogen) atoms. The highest BCUT2D eigenvalue weighted by atomic mass is 32.1. The average Bonchev–Trinajstić information content (AvgIpc) is 3.27. The van der Waals surface area contributed by atoms with Crippen LogP contribution in [-0.2, 0) is 19.1 Å². The molecular formula is C28H34N4O6S. The summed E-state index contributed by atoms with van der Waals surface area (Å²) >= 11 is 1.21. The van der Waals surface area contributed by atoms with Crippen molar-refractivity contribution < 1.29 is 23.8 Å². The van der Waals surface area contributed by atoms with Crippen LogP contribution in [0.1, 0.15) is 66.4 Å². The molecule has 0 saturated carbocycles. The number of ether oxygens (including phenoxy) is 3. The van der Waals surface area contributed by atoms with Gasteiger partial charge in [-0.25, -0.2) is 4.79 Å². The van der Waals surface area contributed by atoms with Gasteiger partial charge in [-0.2, -0.15) is 14.6 Å². The van der Waals surface area contributed by atoms with E-state index in [1.54, 1.807) is 13.8 Å². The van der Waals surface area contributed by atoms with Gasteiger partial charge in [-0.3, -0.25) is 9.59 Å². The van der Waals surface area contributed by atoms with E-state index in [1.807, 2.05) is 44.2 Å². The Hall–Kier alpha value is -3.73. The fraction of sp³-hybridized carbons (Fsp3) is 0.464. The number of nitrogens with one attached hydrogen (secondary N) is 1. The first-order chi connectivity index (χ1) is 18.3. The van der Waals surface area contributed by atoms with Crippen molar-refractivity contribution in [3.8, 4) is 16.5 Å². The number of hydrogen-bond acceptors (Lipinski definition) is 10. The predicted octanol–water partition coefficient (Wildman–Crippen LogP) is 4.44. The minimum Gasteiger partial charge on any atom is -0.465 e. The molecule has 4 rings (SSSR count). The standard InChI is InChI=1S/C28H34N4O6S/c1-8-36-24(34)17-18-20(29-26-32(23(18)33)31-22(39-26)16-13-11-10-12-14-16)38-21(19(17)25(35)37-9-2)30-28(6,7)15-27(3,4)5/h10-14,17,30H,8-9,15H2,1-7H3. The van der Waals surface area contributed by atoms with E-state index in [0.717, 1.165) is 10.1 Å². The normalized spacial score (nSPS) is 15.5. The number of carbonyl (C=O) groups is 2. The lowest BCUT2D eigenvalue weighted by molar-refractivity contribution is -0.148. The van der Waals surface area contributed by atoms with Crippen LogP contribution >= 0.6 is 11.3 Å². The van der Waals surface area contributed by atoms with Crippen LogP contribution in [-0.4, -0.2) is 45.3 Å². The first-order valence-corrected chi connectivity index (χ1v) is 13.7. The van der Waals surface area contributed by atoms with E-state index in [4.69, 9.17) is 14.2 Å². The van der Waals surface area contributed by atoms with Crippen molar-refractivity contribution in [3.63, 3.8) is 0 Å². The van der Waals surface area contributed by atoms with Crippen LogP contribution in [0.15, 0.2) is 46.6 Å². The molecule has 1 aliphatic rings. The van der Waals surface area contributed by atoms with Crippen LogP contribution in [0.5, 0.6) is 5.88 Å². The topological polar surface area (TPSA) is 121 Å². The van der Waals surface area contributed by atoms with Gasteiger partial charge >= 0.3 is 11.9 Å². The van der Waals surface area contributed by atoms with Gasteiger partial charge in [0.15, 0.2) is 0 Å². The highest BCUT2D eigenvalue weighted by Crippen LogP contribution is 2.39. The maximum atomic E-state index is 13.8. The summed E-state index contributed by atoms with van der Waals surface area (Å²) in [5.41, 5.74) is -0.702. The molecule has 1 aromatic carbocycles. The van der Waals surface area contributed by atoms with Crippen molar-refractivity contribution >= 4 is 28.2 Å². The van der Waals surface area contributed by atoms with Crippen LogP contribution in [0.25, 0.3) is 15.5 Å². The maximum absolute atomic E-state index is 13.8. The number of carbonyl (C=O) groups excluding carboxylic acids is 2. The molecule has 1 atom stereocenters. The molecule has 0 aliphatic carbocycles. The van der Waals surface area contributed by atoms with Crippen molar-refractivity contribution in [2.75, 3.05) is 13.2 Å². The first-order valence-electron chi connectivity index (χ1n) is 12.9. The van der Waals surface area contributed by atoms with Crippen LogP contribution in [0.2, 0.25) is 0 Å². The molecule has 0 amide bonds. The van der Waals surface area contributed by atoms with Crippen LogP contribution in [0, 0.1) is 5.41 Å². The molecule has 11 heteroatoms. The summed E-state index contributed by atoms with van der Waals surface area (Å²) in [4.78, 5) is 45.4. The predicted molar refractivity (Wildman–Crippen MR) is 148 cm³/mol. The molecule has 0 bridgehead atoms. The highest BCUT2D eigenvalue weighted by Gasteiger charge is 2.45. The van der Waals surface area contributed by atoms with Crippen LogP contribution in [0.3, 0.4) is 0 Å². The molecule has 1 N–H and O–H groups in total.